The van der Waals surface area contributed by atoms with Gasteiger partial charge in [-0.1, -0.05) is 35.9 Å². The first-order chi connectivity index (χ1) is 24.8. The SMILES string of the molecule is O=C(Cc1ccc(Cl)cc1F)c1cc2c(s1)-c1ccccc1N(C(=O)c1ccc(NC(=O)c3cccnc3N3CC4(CCOCC4)C3)cc1)CC2. The third kappa shape index (κ3) is 6.55. The average molecular weight is 721 g/mol. The highest BCUT2D eigenvalue weighted by Gasteiger charge is 2.45. The van der Waals surface area contributed by atoms with Gasteiger partial charge in [-0.25, -0.2) is 9.37 Å². The van der Waals surface area contributed by atoms with Crippen LogP contribution in [0.2, 0.25) is 5.02 Å². The molecule has 1 spiro atoms. The van der Waals surface area contributed by atoms with Crippen molar-refractivity contribution >= 4 is 57.7 Å². The van der Waals surface area contributed by atoms with Crippen molar-refractivity contribution in [3.05, 3.63) is 129 Å². The second kappa shape index (κ2) is 13.7. The molecule has 5 heterocycles. The fraction of sp³-hybridized carbons (Fsp3) is 0.250. The molecule has 0 atom stereocenters. The molecule has 258 valence electrons. The number of carbonyl (C=O) groups is 3. The van der Waals surface area contributed by atoms with Gasteiger partial charge in [-0.15, -0.1) is 11.3 Å². The van der Waals surface area contributed by atoms with Gasteiger partial charge in [-0.05, 0) is 91.1 Å². The molecule has 11 heteroatoms. The molecule has 0 bridgehead atoms. The molecule has 0 saturated carbocycles. The third-order valence-corrected chi connectivity index (χ3v) is 11.6. The Morgan fingerprint density at radius 3 is 2.53 bits per heavy atom. The minimum Gasteiger partial charge on any atom is -0.381 e. The summed E-state index contributed by atoms with van der Waals surface area (Å²) in [6.07, 6.45) is 4.24. The van der Waals surface area contributed by atoms with E-state index in [9.17, 15) is 18.8 Å². The molecule has 2 fully saturated rings. The number of thiophene rings is 1. The summed E-state index contributed by atoms with van der Waals surface area (Å²) in [6.45, 7) is 3.69. The van der Waals surface area contributed by atoms with Crippen LogP contribution in [0.25, 0.3) is 10.4 Å². The number of nitrogens with one attached hydrogen (secondary N) is 1. The van der Waals surface area contributed by atoms with Gasteiger partial charge < -0.3 is 19.9 Å². The van der Waals surface area contributed by atoms with E-state index in [4.69, 9.17) is 16.3 Å². The standard InChI is InChI=1S/C40H34ClFN4O4S/c41-28-10-7-26(32(42)22-28)20-34(47)35-21-27-13-17-46(33-6-2-1-4-30(33)36(27)51-35)39(49)25-8-11-29(12-9-25)44-38(48)31-5-3-16-43-37(31)45-23-40(24-45)14-18-50-19-15-40/h1-12,16,21-22H,13-15,17-20,23-24H2,(H,44,48). The van der Waals surface area contributed by atoms with Gasteiger partial charge in [0.15, 0.2) is 5.78 Å². The molecule has 8 nitrogen and oxygen atoms in total. The molecule has 3 aliphatic heterocycles. The minimum atomic E-state index is -0.502. The number of halogens is 2. The van der Waals surface area contributed by atoms with E-state index in [2.05, 4.69) is 15.2 Å². The minimum absolute atomic E-state index is 0.0657. The molecule has 2 aromatic heterocycles. The average Bonchev–Trinajstić information content (AvgIpc) is 3.50. The maximum absolute atomic E-state index is 14.4. The van der Waals surface area contributed by atoms with Crippen LogP contribution in [-0.4, -0.2) is 55.4 Å². The maximum Gasteiger partial charge on any atom is 0.259 e. The number of Topliss-reactive ketones (excluding diaryl/α,β-unsaturated/α-hetero) is 1. The second-order valence-electron chi connectivity index (χ2n) is 13.4. The summed E-state index contributed by atoms with van der Waals surface area (Å²) in [5.41, 5.74) is 4.69. The van der Waals surface area contributed by atoms with Crippen molar-refractivity contribution < 1.29 is 23.5 Å². The molecular formula is C40H34ClFN4O4S. The Labute approximate surface area is 303 Å². The first kappa shape index (κ1) is 33.3. The molecule has 3 aromatic carbocycles. The number of benzene rings is 3. The normalized spacial score (nSPS) is 16.1. The Morgan fingerprint density at radius 2 is 1.75 bits per heavy atom. The lowest BCUT2D eigenvalue weighted by molar-refractivity contribution is -0.000510. The summed E-state index contributed by atoms with van der Waals surface area (Å²) in [4.78, 5) is 50.6. The number of hydrogen-bond acceptors (Lipinski definition) is 7. The monoisotopic (exact) mass is 720 g/mol. The van der Waals surface area contributed by atoms with Crippen molar-refractivity contribution in [2.45, 2.75) is 25.7 Å². The van der Waals surface area contributed by atoms with Crippen LogP contribution in [0.4, 0.5) is 21.6 Å². The molecule has 2 saturated heterocycles. The number of ether oxygens (including phenoxy) is 1. The molecule has 3 aliphatic rings. The van der Waals surface area contributed by atoms with Crippen molar-refractivity contribution in [3.8, 4) is 10.4 Å². The van der Waals surface area contributed by atoms with E-state index in [1.165, 1.54) is 17.4 Å². The number of amides is 2. The number of hydrogen-bond donors (Lipinski definition) is 1. The van der Waals surface area contributed by atoms with Crippen molar-refractivity contribution in [2.24, 2.45) is 5.41 Å². The van der Waals surface area contributed by atoms with Gasteiger partial charge >= 0.3 is 0 Å². The van der Waals surface area contributed by atoms with Crippen LogP contribution < -0.4 is 15.1 Å². The van der Waals surface area contributed by atoms with Gasteiger partial charge in [0.05, 0.1) is 16.1 Å². The van der Waals surface area contributed by atoms with Gasteiger partial charge in [-0.2, -0.15) is 0 Å². The second-order valence-corrected chi connectivity index (χ2v) is 14.9. The lowest BCUT2D eigenvalue weighted by Crippen LogP contribution is -2.59. The highest BCUT2D eigenvalue weighted by molar-refractivity contribution is 7.17. The molecule has 51 heavy (non-hydrogen) atoms. The van der Waals surface area contributed by atoms with Gasteiger partial charge in [0.2, 0.25) is 0 Å². The number of pyridine rings is 1. The molecule has 1 N–H and O–H groups in total. The number of ketones is 1. The smallest absolute Gasteiger partial charge is 0.259 e. The number of rotatable bonds is 7. The van der Waals surface area contributed by atoms with E-state index in [0.29, 0.717) is 46.0 Å². The number of nitrogens with zero attached hydrogens (tertiary/aromatic N) is 3. The number of para-hydroxylation sites is 1. The first-order valence-corrected chi connectivity index (χ1v) is 18.2. The van der Waals surface area contributed by atoms with Crippen LogP contribution in [0.15, 0.2) is 91.1 Å². The van der Waals surface area contributed by atoms with E-state index in [0.717, 1.165) is 60.8 Å². The zero-order valence-corrected chi connectivity index (χ0v) is 29.2. The Bertz CT molecular complexity index is 2160. The van der Waals surface area contributed by atoms with Crippen molar-refractivity contribution in [1.29, 1.82) is 0 Å². The predicted octanol–water partition coefficient (Wildman–Crippen LogP) is 8.10. The summed E-state index contributed by atoms with van der Waals surface area (Å²) >= 11 is 7.26. The topological polar surface area (TPSA) is 91.8 Å². The van der Waals surface area contributed by atoms with E-state index in [-0.39, 0.29) is 34.5 Å². The molecule has 0 aliphatic carbocycles. The van der Waals surface area contributed by atoms with Gasteiger partial charge in [-0.3, -0.25) is 14.4 Å². The first-order valence-electron chi connectivity index (χ1n) is 17.0. The largest absolute Gasteiger partial charge is 0.381 e. The quantitative estimate of drug-likeness (QED) is 0.171. The van der Waals surface area contributed by atoms with Crippen LogP contribution in [0.3, 0.4) is 0 Å². The van der Waals surface area contributed by atoms with Crippen molar-refractivity contribution in [3.63, 3.8) is 0 Å². The Kier molecular flexibility index (Phi) is 8.91. The van der Waals surface area contributed by atoms with Crippen molar-refractivity contribution in [1.82, 2.24) is 4.98 Å². The zero-order chi connectivity index (χ0) is 35.1. The molecule has 2 amide bonds. The van der Waals surface area contributed by atoms with Crippen LogP contribution in [-0.2, 0) is 17.6 Å². The van der Waals surface area contributed by atoms with Gasteiger partial charge in [0, 0.05) is 77.6 Å². The summed E-state index contributed by atoms with van der Waals surface area (Å²) in [5.74, 6) is -0.416. The Hall–Kier alpha value is -4.90. The summed E-state index contributed by atoms with van der Waals surface area (Å²) < 4.78 is 20.0. The van der Waals surface area contributed by atoms with Gasteiger partial charge in [0.1, 0.15) is 11.6 Å². The number of anilines is 3. The van der Waals surface area contributed by atoms with Crippen LogP contribution >= 0.6 is 22.9 Å². The van der Waals surface area contributed by atoms with Crippen LogP contribution in [0.5, 0.6) is 0 Å². The van der Waals surface area contributed by atoms with E-state index < -0.39 is 5.82 Å². The lowest BCUT2D eigenvalue weighted by atomic mass is 9.73. The number of aromatic nitrogens is 1. The van der Waals surface area contributed by atoms with E-state index in [1.54, 1.807) is 59.6 Å². The summed E-state index contributed by atoms with van der Waals surface area (Å²) in [6, 6.07) is 24.4. The lowest BCUT2D eigenvalue weighted by Gasteiger charge is -2.53. The molecule has 0 unspecified atom stereocenters. The Morgan fingerprint density at radius 1 is 0.961 bits per heavy atom. The van der Waals surface area contributed by atoms with Crippen LogP contribution in [0.1, 0.15) is 54.4 Å². The van der Waals surface area contributed by atoms with E-state index >= 15 is 0 Å². The van der Waals surface area contributed by atoms with E-state index in [1.807, 2.05) is 30.3 Å². The molecule has 5 aromatic rings. The Balaban J connectivity index is 0.964. The fourth-order valence-electron chi connectivity index (χ4n) is 7.28. The molecule has 0 radical (unpaired) electrons. The molecular weight excluding hydrogens is 687 g/mol. The highest BCUT2D eigenvalue weighted by Crippen LogP contribution is 2.43. The highest BCUT2D eigenvalue weighted by atomic mass is 35.5. The maximum atomic E-state index is 14.4. The van der Waals surface area contributed by atoms with Gasteiger partial charge in [0.25, 0.3) is 11.8 Å². The number of carbonyl (C=O) groups excluding carboxylic acids is 3. The zero-order valence-electron chi connectivity index (χ0n) is 27.7. The molecule has 8 rings (SSSR count). The third-order valence-electron chi connectivity index (χ3n) is 10.1. The number of fused-ring (bicyclic) bond motifs is 3. The summed E-state index contributed by atoms with van der Waals surface area (Å²) in [7, 11) is 0. The summed E-state index contributed by atoms with van der Waals surface area (Å²) in [5, 5.41) is 3.27. The van der Waals surface area contributed by atoms with Crippen LogP contribution in [0, 0.1) is 11.2 Å². The fourth-order valence-corrected chi connectivity index (χ4v) is 8.62. The predicted molar refractivity (Wildman–Crippen MR) is 198 cm³/mol. The van der Waals surface area contributed by atoms with Crippen molar-refractivity contribution in [2.75, 3.05) is 48.0 Å².